The van der Waals surface area contributed by atoms with Crippen LogP contribution in [-0.4, -0.2) is 55.1 Å². The SMILES string of the molecule is C=C(c1ccccc1C)C(C)NC(=O)N(C)C1CCN(C)CC1. The fraction of sp³-hybridized carbons (Fsp3) is 0.526. The zero-order valence-corrected chi connectivity index (χ0v) is 14.8. The Kier molecular flexibility index (Phi) is 5.83. The number of benzene rings is 1. The lowest BCUT2D eigenvalue weighted by atomic mass is 9.97. The summed E-state index contributed by atoms with van der Waals surface area (Å²) in [5.74, 6) is 0. The van der Waals surface area contributed by atoms with E-state index in [1.165, 1.54) is 5.56 Å². The molecule has 0 aliphatic carbocycles. The van der Waals surface area contributed by atoms with E-state index in [1.807, 2.05) is 31.0 Å². The zero-order valence-electron chi connectivity index (χ0n) is 14.8. The van der Waals surface area contributed by atoms with Crippen molar-refractivity contribution in [3.8, 4) is 0 Å². The van der Waals surface area contributed by atoms with Crippen LogP contribution in [-0.2, 0) is 0 Å². The van der Waals surface area contributed by atoms with Crippen LogP contribution in [0.4, 0.5) is 4.79 Å². The van der Waals surface area contributed by atoms with Gasteiger partial charge in [-0.2, -0.15) is 0 Å². The molecule has 4 nitrogen and oxygen atoms in total. The minimum atomic E-state index is -0.0858. The predicted molar refractivity (Wildman–Crippen MR) is 96.5 cm³/mol. The molecule has 0 saturated carbocycles. The van der Waals surface area contributed by atoms with Gasteiger partial charge in [0.25, 0.3) is 0 Å². The summed E-state index contributed by atoms with van der Waals surface area (Å²) in [5.41, 5.74) is 3.25. The molecule has 0 radical (unpaired) electrons. The number of urea groups is 1. The van der Waals surface area contributed by atoms with Crippen LogP contribution >= 0.6 is 0 Å². The van der Waals surface area contributed by atoms with Gasteiger partial charge >= 0.3 is 6.03 Å². The first-order valence-corrected chi connectivity index (χ1v) is 8.36. The maximum atomic E-state index is 12.5. The van der Waals surface area contributed by atoms with Crippen molar-refractivity contribution in [3.05, 3.63) is 42.0 Å². The standard InChI is InChI=1S/C19H29N3O/c1-14-8-6-7-9-18(14)15(2)16(3)20-19(23)22(5)17-10-12-21(4)13-11-17/h6-9,16-17H,2,10-13H2,1,3-5H3,(H,20,23). The van der Waals surface area contributed by atoms with Gasteiger partial charge in [-0.05, 0) is 63.5 Å². The summed E-state index contributed by atoms with van der Waals surface area (Å²) in [5, 5.41) is 3.09. The fourth-order valence-corrected chi connectivity index (χ4v) is 3.09. The average Bonchev–Trinajstić information content (AvgIpc) is 2.54. The summed E-state index contributed by atoms with van der Waals surface area (Å²) < 4.78 is 0. The highest BCUT2D eigenvalue weighted by molar-refractivity contribution is 5.79. The summed E-state index contributed by atoms with van der Waals surface area (Å²) in [4.78, 5) is 16.7. The smallest absolute Gasteiger partial charge is 0.317 e. The van der Waals surface area contributed by atoms with Gasteiger partial charge in [-0.1, -0.05) is 30.8 Å². The average molecular weight is 315 g/mol. The second-order valence-corrected chi connectivity index (χ2v) is 6.66. The van der Waals surface area contributed by atoms with Crippen molar-refractivity contribution in [1.82, 2.24) is 15.1 Å². The van der Waals surface area contributed by atoms with Crippen molar-refractivity contribution in [1.29, 1.82) is 0 Å². The van der Waals surface area contributed by atoms with Crippen LogP contribution in [0.15, 0.2) is 30.8 Å². The van der Waals surface area contributed by atoms with Crippen LogP contribution in [0.3, 0.4) is 0 Å². The number of carbonyl (C=O) groups excluding carboxylic acids is 1. The van der Waals surface area contributed by atoms with Crippen molar-refractivity contribution in [2.24, 2.45) is 0 Å². The first kappa shape index (κ1) is 17.5. The molecule has 1 saturated heterocycles. The fourth-order valence-electron chi connectivity index (χ4n) is 3.09. The zero-order chi connectivity index (χ0) is 17.0. The molecular weight excluding hydrogens is 286 g/mol. The van der Waals surface area contributed by atoms with Crippen LogP contribution in [0.25, 0.3) is 5.57 Å². The Balaban J connectivity index is 1.94. The number of nitrogens with zero attached hydrogens (tertiary/aromatic N) is 2. The molecule has 1 fully saturated rings. The Bertz CT molecular complexity index is 561. The molecule has 0 aromatic heterocycles. The number of carbonyl (C=O) groups is 1. The van der Waals surface area contributed by atoms with Crippen molar-refractivity contribution < 1.29 is 4.79 Å². The molecule has 1 aliphatic heterocycles. The van der Waals surface area contributed by atoms with Gasteiger partial charge in [-0.25, -0.2) is 4.79 Å². The molecule has 1 heterocycles. The van der Waals surface area contributed by atoms with E-state index >= 15 is 0 Å². The third-order valence-electron chi connectivity index (χ3n) is 4.91. The molecule has 2 rings (SSSR count). The molecule has 1 N–H and O–H groups in total. The molecule has 1 aromatic carbocycles. The van der Waals surface area contributed by atoms with Crippen LogP contribution in [0.2, 0.25) is 0 Å². The van der Waals surface area contributed by atoms with Gasteiger partial charge in [-0.3, -0.25) is 0 Å². The van der Waals surface area contributed by atoms with Crippen LogP contribution in [0.5, 0.6) is 0 Å². The highest BCUT2D eigenvalue weighted by Gasteiger charge is 2.25. The van der Waals surface area contributed by atoms with Crippen LogP contribution < -0.4 is 5.32 Å². The van der Waals surface area contributed by atoms with E-state index in [1.54, 1.807) is 0 Å². The third-order valence-corrected chi connectivity index (χ3v) is 4.91. The highest BCUT2D eigenvalue weighted by atomic mass is 16.2. The number of rotatable bonds is 4. The minimum absolute atomic E-state index is 0.0122. The lowest BCUT2D eigenvalue weighted by Crippen LogP contribution is -2.50. The number of aryl methyl sites for hydroxylation is 1. The largest absolute Gasteiger partial charge is 0.331 e. The summed E-state index contributed by atoms with van der Waals surface area (Å²) >= 11 is 0. The Labute approximate surface area is 140 Å². The van der Waals surface area contributed by atoms with Gasteiger partial charge in [-0.15, -0.1) is 0 Å². The maximum Gasteiger partial charge on any atom is 0.317 e. The van der Waals surface area contributed by atoms with E-state index in [2.05, 4.69) is 42.9 Å². The summed E-state index contributed by atoms with van der Waals surface area (Å²) in [6.45, 7) is 10.3. The Morgan fingerprint density at radius 1 is 1.35 bits per heavy atom. The molecule has 2 amide bonds. The van der Waals surface area contributed by atoms with Crippen LogP contribution in [0, 0.1) is 6.92 Å². The maximum absolute atomic E-state index is 12.5. The second kappa shape index (κ2) is 7.64. The van der Waals surface area contributed by atoms with E-state index in [0.717, 1.165) is 37.1 Å². The van der Waals surface area contributed by atoms with E-state index in [4.69, 9.17) is 0 Å². The number of hydrogen-bond acceptors (Lipinski definition) is 2. The van der Waals surface area contributed by atoms with Gasteiger partial charge < -0.3 is 15.1 Å². The molecular formula is C19H29N3O. The quantitative estimate of drug-likeness (QED) is 0.926. The number of amides is 2. The Hall–Kier alpha value is -1.81. The lowest BCUT2D eigenvalue weighted by Gasteiger charge is -2.35. The van der Waals surface area contributed by atoms with Crippen LogP contribution in [0.1, 0.15) is 30.9 Å². The summed E-state index contributed by atoms with van der Waals surface area (Å²) in [6, 6.07) is 8.38. The molecule has 23 heavy (non-hydrogen) atoms. The van der Waals surface area contributed by atoms with Crippen molar-refractivity contribution in [3.63, 3.8) is 0 Å². The highest BCUT2D eigenvalue weighted by Crippen LogP contribution is 2.20. The molecule has 1 atom stereocenters. The molecule has 126 valence electrons. The number of piperidine rings is 1. The molecule has 1 aromatic rings. The number of hydrogen-bond donors (Lipinski definition) is 1. The number of likely N-dealkylation sites (tertiary alicyclic amines) is 1. The van der Waals surface area contributed by atoms with Gasteiger partial charge in [0.2, 0.25) is 0 Å². The topological polar surface area (TPSA) is 35.6 Å². The van der Waals surface area contributed by atoms with Crippen molar-refractivity contribution in [2.45, 2.75) is 38.8 Å². The normalized spacial score (nSPS) is 17.6. The first-order chi connectivity index (χ1) is 10.9. The third kappa shape index (κ3) is 4.35. The molecule has 0 spiro atoms. The van der Waals surface area contributed by atoms with Gasteiger partial charge in [0.1, 0.15) is 0 Å². The molecule has 4 heteroatoms. The Morgan fingerprint density at radius 3 is 2.57 bits per heavy atom. The Morgan fingerprint density at radius 2 is 1.96 bits per heavy atom. The van der Waals surface area contributed by atoms with Gasteiger partial charge in [0.05, 0.1) is 6.04 Å². The van der Waals surface area contributed by atoms with Crippen molar-refractivity contribution >= 4 is 11.6 Å². The number of nitrogens with one attached hydrogen (secondary N) is 1. The second-order valence-electron chi connectivity index (χ2n) is 6.66. The first-order valence-electron chi connectivity index (χ1n) is 8.36. The molecule has 1 unspecified atom stereocenters. The van der Waals surface area contributed by atoms with Crippen molar-refractivity contribution in [2.75, 3.05) is 27.2 Å². The van der Waals surface area contributed by atoms with E-state index < -0.39 is 0 Å². The molecule has 0 bridgehead atoms. The summed E-state index contributed by atoms with van der Waals surface area (Å²) in [7, 11) is 4.03. The summed E-state index contributed by atoms with van der Waals surface area (Å²) in [6.07, 6.45) is 2.07. The lowest BCUT2D eigenvalue weighted by molar-refractivity contribution is 0.147. The molecule has 1 aliphatic rings. The minimum Gasteiger partial charge on any atom is -0.331 e. The van der Waals surface area contributed by atoms with E-state index in [0.29, 0.717) is 6.04 Å². The van der Waals surface area contributed by atoms with E-state index in [9.17, 15) is 4.79 Å². The monoisotopic (exact) mass is 315 g/mol. The van der Waals surface area contributed by atoms with Gasteiger partial charge in [0.15, 0.2) is 0 Å². The predicted octanol–water partition coefficient (Wildman–Crippen LogP) is 3.13. The van der Waals surface area contributed by atoms with E-state index in [-0.39, 0.29) is 12.1 Å². The van der Waals surface area contributed by atoms with Gasteiger partial charge in [0, 0.05) is 13.1 Å².